The van der Waals surface area contributed by atoms with Crippen LogP contribution in [-0.4, -0.2) is 43.3 Å². The molecule has 28 heavy (non-hydrogen) atoms. The third-order valence-electron chi connectivity index (χ3n) is 4.65. The number of hydrogen-bond donors (Lipinski definition) is 0. The number of esters is 2. The van der Waals surface area contributed by atoms with Gasteiger partial charge in [0.1, 0.15) is 0 Å². The smallest absolute Gasteiger partial charge is 0.339 e. The highest BCUT2D eigenvalue weighted by molar-refractivity contribution is 8.16. The van der Waals surface area contributed by atoms with Gasteiger partial charge >= 0.3 is 11.9 Å². The van der Waals surface area contributed by atoms with Gasteiger partial charge in [-0.25, -0.2) is 9.59 Å². The summed E-state index contributed by atoms with van der Waals surface area (Å²) >= 11 is 3.39. The van der Waals surface area contributed by atoms with Crippen LogP contribution in [0.4, 0.5) is 0 Å². The summed E-state index contributed by atoms with van der Waals surface area (Å²) in [6.07, 6.45) is 11.8. The summed E-state index contributed by atoms with van der Waals surface area (Å²) in [6.45, 7) is 6.06. The predicted octanol–water partition coefficient (Wildman–Crippen LogP) is 4.77. The quantitative estimate of drug-likeness (QED) is 0.473. The minimum atomic E-state index is -0.561. The van der Waals surface area contributed by atoms with Crippen LogP contribution in [0, 0.1) is 0 Å². The van der Waals surface area contributed by atoms with E-state index in [1.165, 1.54) is 14.2 Å². The summed E-state index contributed by atoms with van der Waals surface area (Å²) in [6, 6.07) is 0. The Balaban J connectivity index is 3.07. The normalized spacial score (nSPS) is 17.1. The molecule has 0 aliphatic heterocycles. The van der Waals surface area contributed by atoms with E-state index in [-0.39, 0.29) is 15.7 Å². The molecule has 0 aromatic rings. The Labute approximate surface area is 175 Å². The first-order valence-electron chi connectivity index (χ1n) is 8.77. The molecule has 0 spiro atoms. The molecule has 2 aliphatic carbocycles. The molecule has 6 heteroatoms. The summed E-state index contributed by atoms with van der Waals surface area (Å²) in [5.41, 5.74) is 6.25. The minimum absolute atomic E-state index is 0.0868. The van der Waals surface area contributed by atoms with Crippen molar-refractivity contribution in [3.63, 3.8) is 0 Å². The third-order valence-corrected chi connectivity index (χ3v) is 7.17. The van der Waals surface area contributed by atoms with Crippen LogP contribution in [-0.2, 0) is 19.1 Å². The van der Waals surface area contributed by atoms with E-state index in [1.54, 1.807) is 29.6 Å². The number of allylic oxidation sites excluding steroid dienone is 7. The van der Waals surface area contributed by atoms with Crippen LogP contribution in [0.3, 0.4) is 0 Å². The lowest BCUT2D eigenvalue weighted by Crippen LogP contribution is -2.18. The van der Waals surface area contributed by atoms with Crippen LogP contribution in [0.5, 0.6) is 0 Å². The maximum Gasteiger partial charge on any atom is 0.339 e. The molecule has 0 heterocycles. The highest BCUT2D eigenvalue weighted by Crippen LogP contribution is 2.43. The molecule has 4 nitrogen and oxygen atoms in total. The monoisotopic (exact) mass is 418 g/mol. The SMILES string of the molecule is COC(=O)C1=C(C(=O)OC)C2=C(C(SC)SC)C=C(C)C=C(C)C2=C(C)C=C1. The molecule has 0 aromatic heterocycles. The van der Waals surface area contributed by atoms with Gasteiger partial charge in [0.15, 0.2) is 0 Å². The molecule has 0 radical (unpaired) electrons. The minimum Gasteiger partial charge on any atom is -0.465 e. The molecular formula is C22H26O4S2. The number of ether oxygens (including phenoxy) is 2. The molecule has 0 aromatic carbocycles. The predicted molar refractivity (Wildman–Crippen MR) is 118 cm³/mol. The maximum atomic E-state index is 12.9. The van der Waals surface area contributed by atoms with Gasteiger partial charge in [-0.3, -0.25) is 0 Å². The third kappa shape index (κ3) is 4.23. The standard InChI is InChI=1S/C22H26O4S2/c1-12-10-14(3)17-13(2)8-9-15(20(23)25-4)19(21(24)26-5)18(17)16(11-12)22(27-6)28-7/h8-11,22H,1-7H3. The Morgan fingerprint density at radius 2 is 1.50 bits per heavy atom. The van der Waals surface area contributed by atoms with Gasteiger partial charge in [-0.15, -0.1) is 23.5 Å². The van der Waals surface area contributed by atoms with Gasteiger partial charge in [0.2, 0.25) is 0 Å². The number of fused-ring (bicyclic) bond motifs is 1. The first kappa shape index (κ1) is 22.4. The number of carbonyl (C=O) groups is 2. The largest absolute Gasteiger partial charge is 0.465 e. The lowest BCUT2D eigenvalue weighted by molar-refractivity contribution is -0.138. The van der Waals surface area contributed by atoms with Crippen LogP contribution >= 0.6 is 23.5 Å². The molecule has 0 bridgehead atoms. The molecule has 0 atom stereocenters. The topological polar surface area (TPSA) is 52.6 Å². The second-order valence-corrected chi connectivity index (χ2v) is 8.70. The Morgan fingerprint density at radius 1 is 0.893 bits per heavy atom. The molecule has 0 unspecified atom stereocenters. The van der Waals surface area contributed by atoms with Crippen molar-refractivity contribution in [2.75, 3.05) is 26.7 Å². The van der Waals surface area contributed by atoms with Crippen molar-refractivity contribution >= 4 is 35.5 Å². The zero-order chi connectivity index (χ0) is 21.0. The summed E-state index contributed by atoms with van der Waals surface area (Å²) in [5, 5.41) is 0. The summed E-state index contributed by atoms with van der Waals surface area (Å²) < 4.78 is 10.2. The van der Waals surface area contributed by atoms with Crippen molar-refractivity contribution in [1.29, 1.82) is 0 Å². The van der Waals surface area contributed by atoms with Gasteiger partial charge in [-0.2, -0.15) is 0 Å². The lowest BCUT2D eigenvalue weighted by Gasteiger charge is -2.23. The van der Waals surface area contributed by atoms with Gasteiger partial charge in [-0.1, -0.05) is 23.8 Å². The van der Waals surface area contributed by atoms with E-state index in [4.69, 9.17) is 9.47 Å². The van der Waals surface area contributed by atoms with E-state index in [2.05, 4.69) is 12.2 Å². The molecule has 0 N–H and O–H groups in total. The van der Waals surface area contributed by atoms with E-state index in [0.29, 0.717) is 0 Å². The first-order valence-corrected chi connectivity index (χ1v) is 11.4. The highest BCUT2D eigenvalue weighted by Gasteiger charge is 2.33. The highest BCUT2D eigenvalue weighted by atomic mass is 32.2. The van der Waals surface area contributed by atoms with E-state index >= 15 is 0 Å². The number of hydrogen-bond acceptors (Lipinski definition) is 6. The second-order valence-electron chi connectivity index (χ2n) is 6.51. The average molecular weight is 419 g/mol. The van der Waals surface area contributed by atoms with Crippen molar-refractivity contribution in [2.24, 2.45) is 0 Å². The van der Waals surface area contributed by atoms with Gasteiger partial charge in [-0.05, 0) is 61.7 Å². The van der Waals surface area contributed by atoms with Crippen LogP contribution in [0.1, 0.15) is 20.8 Å². The molecule has 150 valence electrons. The van der Waals surface area contributed by atoms with Crippen molar-refractivity contribution in [2.45, 2.75) is 25.4 Å². The fourth-order valence-electron chi connectivity index (χ4n) is 3.53. The van der Waals surface area contributed by atoms with Crippen molar-refractivity contribution < 1.29 is 19.1 Å². The fraction of sp³-hybridized carbons (Fsp3) is 0.364. The Bertz CT molecular complexity index is 878. The Kier molecular flexibility index (Phi) is 7.61. The maximum absolute atomic E-state index is 12.9. The average Bonchev–Trinajstić information content (AvgIpc) is 2.90. The van der Waals surface area contributed by atoms with Crippen molar-refractivity contribution in [3.05, 3.63) is 68.9 Å². The molecule has 0 saturated carbocycles. The zero-order valence-electron chi connectivity index (χ0n) is 17.3. The van der Waals surface area contributed by atoms with Crippen LogP contribution in [0.25, 0.3) is 0 Å². The molecule has 0 saturated heterocycles. The summed E-state index contributed by atoms with van der Waals surface area (Å²) in [5.74, 6) is -1.11. The van der Waals surface area contributed by atoms with Gasteiger partial charge in [0.25, 0.3) is 0 Å². The second kappa shape index (κ2) is 9.52. The summed E-state index contributed by atoms with van der Waals surface area (Å²) in [7, 11) is 2.64. The number of rotatable bonds is 5. The molecule has 2 rings (SSSR count). The molecule has 0 amide bonds. The van der Waals surface area contributed by atoms with E-state index in [0.717, 1.165) is 33.4 Å². The van der Waals surface area contributed by atoms with Crippen LogP contribution < -0.4 is 0 Å². The van der Waals surface area contributed by atoms with E-state index < -0.39 is 11.9 Å². The van der Waals surface area contributed by atoms with Crippen molar-refractivity contribution in [3.8, 4) is 0 Å². The molecule has 0 fully saturated rings. The van der Waals surface area contributed by atoms with E-state index in [1.807, 2.05) is 39.4 Å². The Hall–Kier alpha value is -1.92. The van der Waals surface area contributed by atoms with Crippen LogP contribution in [0.2, 0.25) is 0 Å². The van der Waals surface area contributed by atoms with E-state index in [9.17, 15) is 9.59 Å². The van der Waals surface area contributed by atoms with Gasteiger partial charge in [0.05, 0.1) is 29.9 Å². The van der Waals surface area contributed by atoms with Gasteiger partial charge in [0, 0.05) is 5.57 Å². The molecular weight excluding hydrogens is 392 g/mol. The van der Waals surface area contributed by atoms with Crippen molar-refractivity contribution in [1.82, 2.24) is 0 Å². The summed E-state index contributed by atoms with van der Waals surface area (Å²) in [4.78, 5) is 25.5. The van der Waals surface area contributed by atoms with Crippen LogP contribution in [0.15, 0.2) is 68.9 Å². The number of carbonyl (C=O) groups excluding carboxylic acids is 2. The number of thioether (sulfide) groups is 2. The number of methoxy groups -OCH3 is 2. The molecule has 2 aliphatic rings. The van der Waals surface area contributed by atoms with Gasteiger partial charge < -0.3 is 9.47 Å². The zero-order valence-corrected chi connectivity index (χ0v) is 19.0. The Morgan fingerprint density at radius 3 is 2.04 bits per heavy atom. The fourth-order valence-corrected chi connectivity index (χ4v) is 5.18. The lowest BCUT2D eigenvalue weighted by atomic mass is 9.86. The first-order chi connectivity index (χ1) is 13.3.